The predicted molar refractivity (Wildman–Crippen MR) is 73.0 cm³/mol. The molecular weight excluding hydrogens is 236 g/mol. The summed E-state index contributed by atoms with van der Waals surface area (Å²) in [4.78, 5) is 4.41. The molecule has 19 heavy (non-hydrogen) atoms. The molecule has 0 saturated carbocycles. The number of fused-ring (bicyclic) bond motifs is 1. The predicted octanol–water partition coefficient (Wildman–Crippen LogP) is 3.90. The molecule has 3 heteroatoms. The van der Waals surface area contributed by atoms with E-state index in [1.165, 1.54) is 0 Å². The average Bonchev–Trinajstić information content (AvgIpc) is 2.48. The van der Waals surface area contributed by atoms with Crippen molar-refractivity contribution in [3.05, 3.63) is 66.2 Å². The molecule has 3 aromatic rings. The number of ether oxygens (including phenoxy) is 1. The first-order valence-corrected chi connectivity index (χ1v) is 5.89. The number of benzene rings is 2. The third kappa shape index (κ3) is 2.38. The van der Waals surface area contributed by atoms with Gasteiger partial charge in [-0.2, -0.15) is 5.26 Å². The Bertz CT molecular complexity index is 761. The van der Waals surface area contributed by atoms with Gasteiger partial charge in [-0.15, -0.1) is 0 Å². The van der Waals surface area contributed by atoms with Crippen LogP contribution in [-0.2, 0) is 0 Å². The number of rotatable bonds is 2. The van der Waals surface area contributed by atoms with Crippen molar-refractivity contribution in [3.8, 4) is 17.7 Å². The van der Waals surface area contributed by atoms with Crippen molar-refractivity contribution in [2.75, 3.05) is 0 Å². The normalized spacial score (nSPS) is 10.1. The number of hydrogen-bond acceptors (Lipinski definition) is 3. The molecule has 1 aromatic heterocycles. The number of aromatic nitrogens is 1. The second-order valence-corrected chi connectivity index (χ2v) is 4.08. The Kier molecular flexibility index (Phi) is 2.83. The number of para-hydroxylation sites is 1. The highest BCUT2D eigenvalue weighted by atomic mass is 16.5. The second kappa shape index (κ2) is 4.79. The van der Waals surface area contributed by atoms with Crippen LogP contribution in [0.4, 0.5) is 0 Å². The number of nitrogens with zero attached hydrogens (tertiary/aromatic N) is 2. The summed E-state index contributed by atoms with van der Waals surface area (Å²) in [5, 5.41) is 9.78. The van der Waals surface area contributed by atoms with Gasteiger partial charge in [-0.25, -0.2) is 4.98 Å². The molecule has 0 aliphatic carbocycles. The highest BCUT2D eigenvalue weighted by molar-refractivity contribution is 5.80. The molecule has 0 aliphatic rings. The van der Waals surface area contributed by atoms with E-state index in [0.29, 0.717) is 11.4 Å². The fourth-order valence-electron chi connectivity index (χ4n) is 1.84. The van der Waals surface area contributed by atoms with Crippen LogP contribution in [0.15, 0.2) is 60.7 Å². The molecule has 0 amide bonds. The molecule has 0 aliphatic heterocycles. The molecule has 0 radical (unpaired) electrons. The summed E-state index contributed by atoms with van der Waals surface area (Å²) in [5.74, 6) is 1.30. The van der Waals surface area contributed by atoms with Crippen LogP contribution in [0.5, 0.6) is 11.6 Å². The van der Waals surface area contributed by atoms with E-state index in [0.717, 1.165) is 16.7 Å². The number of nitriles is 1. The molecule has 1 heterocycles. The zero-order valence-electron chi connectivity index (χ0n) is 10.1. The summed E-state index contributed by atoms with van der Waals surface area (Å²) in [6.45, 7) is 0. The minimum Gasteiger partial charge on any atom is -0.439 e. The lowest BCUT2D eigenvalue weighted by atomic mass is 10.1. The van der Waals surface area contributed by atoms with Gasteiger partial charge in [0.1, 0.15) is 5.75 Å². The maximum Gasteiger partial charge on any atom is 0.219 e. The van der Waals surface area contributed by atoms with Crippen LogP contribution < -0.4 is 4.74 Å². The van der Waals surface area contributed by atoms with Gasteiger partial charge in [0.15, 0.2) is 0 Å². The standard InChI is InChI=1S/C16H10N2O/c17-11-12-6-8-15-13(10-12)7-9-16(18-15)19-14-4-2-1-3-5-14/h1-10H. The van der Waals surface area contributed by atoms with Gasteiger partial charge in [-0.1, -0.05) is 18.2 Å². The zero-order chi connectivity index (χ0) is 13.1. The van der Waals surface area contributed by atoms with Crippen LogP contribution in [0, 0.1) is 11.3 Å². The van der Waals surface area contributed by atoms with Crippen LogP contribution in [0.1, 0.15) is 5.56 Å². The lowest BCUT2D eigenvalue weighted by molar-refractivity contribution is 0.465. The molecule has 2 aromatic carbocycles. The fourth-order valence-corrected chi connectivity index (χ4v) is 1.84. The van der Waals surface area contributed by atoms with E-state index in [9.17, 15) is 0 Å². The Labute approximate surface area is 110 Å². The van der Waals surface area contributed by atoms with E-state index in [1.807, 2.05) is 48.5 Å². The van der Waals surface area contributed by atoms with Gasteiger partial charge in [-0.3, -0.25) is 0 Å². The monoisotopic (exact) mass is 246 g/mol. The largest absolute Gasteiger partial charge is 0.439 e. The lowest BCUT2D eigenvalue weighted by Gasteiger charge is -2.05. The zero-order valence-corrected chi connectivity index (χ0v) is 10.1. The van der Waals surface area contributed by atoms with E-state index < -0.39 is 0 Å². The minimum absolute atomic E-state index is 0.545. The average molecular weight is 246 g/mol. The van der Waals surface area contributed by atoms with Gasteiger partial charge in [0, 0.05) is 11.5 Å². The van der Waals surface area contributed by atoms with Gasteiger partial charge >= 0.3 is 0 Å². The first-order chi connectivity index (χ1) is 9.35. The quantitative estimate of drug-likeness (QED) is 0.688. The summed E-state index contributed by atoms with van der Waals surface area (Å²) < 4.78 is 5.67. The molecule has 90 valence electrons. The summed E-state index contributed by atoms with van der Waals surface area (Å²) in [7, 11) is 0. The second-order valence-electron chi connectivity index (χ2n) is 4.08. The Morgan fingerprint density at radius 3 is 2.58 bits per heavy atom. The Morgan fingerprint density at radius 1 is 0.947 bits per heavy atom. The van der Waals surface area contributed by atoms with Crippen molar-refractivity contribution >= 4 is 10.9 Å². The van der Waals surface area contributed by atoms with Gasteiger partial charge in [-0.05, 0) is 36.4 Å². The third-order valence-electron chi connectivity index (χ3n) is 2.76. The molecular formula is C16H10N2O. The van der Waals surface area contributed by atoms with Crippen LogP contribution in [0.25, 0.3) is 10.9 Å². The summed E-state index contributed by atoms with van der Waals surface area (Å²) in [5.41, 5.74) is 1.44. The maximum atomic E-state index is 8.85. The number of hydrogen-bond donors (Lipinski definition) is 0. The molecule has 0 saturated heterocycles. The smallest absolute Gasteiger partial charge is 0.219 e. The topological polar surface area (TPSA) is 45.9 Å². The summed E-state index contributed by atoms with van der Waals surface area (Å²) in [6, 6.07) is 20.7. The molecule has 0 bridgehead atoms. The van der Waals surface area contributed by atoms with Crippen LogP contribution in [0.2, 0.25) is 0 Å². The highest BCUT2D eigenvalue weighted by Crippen LogP contribution is 2.22. The van der Waals surface area contributed by atoms with Crippen LogP contribution >= 0.6 is 0 Å². The van der Waals surface area contributed by atoms with Crippen molar-refractivity contribution in [1.82, 2.24) is 4.98 Å². The van der Waals surface area contributed by atoms with Gasteiger partial charge < -0.3 is 4.74 Å². The SMILES string of the molecule is N#Cc1ccc2nc(Oc3ccccc3)ccc2c1. The van der Waals surface area contributed by atoms with Crippen molar-refractivity contribution in [3.63, 3.8) is 0 Å². The number of pyridine rings is 1. The first kappa shape index (κ1) is 11.2. The van der Waals surface area contributed by atoms with Crippen molar-refractivity contribution in [1.29, 1.82) is 5.26 Å². The van der Waals surface area contributed by atoms with Crippen LogP contribution in [0.3, 0.4) is 0 Å². The van der Waals surface area contributed by atoms with Gasteiger partial charge in [0.2, 0.25) is 5.88 Å². The van der Waals surface area contributed by atoms with Gasteiger partial charge in [0.05, 0.1) is 17.1 Å². The van der Waals surface area contributed by atoms with E-state index in [2.05, 4.69) is 11.1 Å². The molecule has 0 atom stereocenters. The van der Waals surface area contributed by atoms with Crippen molar-refractivity contribution < 1.29 is 4.74 Å². The van der Waals surface area contributed by atoms with Crippen molar-refractivity contribution in [2.24, 2.45) is 0 Å². The Hall–Kier alpha value is -2.86. The Morgan fingerprint density at radius 2 is 1.79 bits per heavy atom. The maximum absolute atomic E-state index is 8.85. The summed E-state index contributed by atoms with van der Waals surface area (Å²) >= 11 is 0. The minimum atomic E-state index is 0.545. The van der Waals surface area contributed by atoms with E-state index in [-0.39, 0.29) is 0 Å². The van der Waals surface area contributed by atoms with Crippen LogP contribution in [-0.4, -0.2) is 4.98 Å². The third-order valence-corrected chi connectivity index (χ3v) is 2.76. The molecule has 0 unspecified atom stereocenters. The van der Waals surface area contributed by atoms with Crippen molar-refractivity contribution in [2.45, 2.75) is 0 Å². The summed E-state index contributed by atoms with van der Waals surface area (Å²) in [6.07, 6.45) is 0. The molecule has 0 N–H and O–H groups in total. The molecule has 3 nitrogen and oxygen atoms in total. The molecule has 3 rings (SSSR count). The first-order valence-electron chi connectivity index (χ1n) is 5.89. The lowest BCUT2D eigenvalue weighted by Crippen LogP contribution is -1.88. The molecule has 0 spiro atoms. The Balaban J connectivity index is 1.96. The van der Waals surface area contributed by atoms with E-state index in [1.54, 1.807) is 12.1 Å². The molecule has 0 fully saturated rings. The highest BCUT2D eigenvalue weighted by Gasteiger charge is 2.01. The van der Waals surface area contributed by atoms with Gasteiger partial charge in [0.25, 0.3) is 0 Å². The van der Waals surface area contributed by atoms with E-state index >= 15 is 0 Å². The fraction of sp³-hybridized carbons (Fsp3) is 0. The van der Waals surface area contributed by atoms with E-state index in [4.69, 9.17) is 10.00 Å².